The maximum absolute atomic E-state index is 13.4. The highest BCUT2D eigenvalue weighted by atomic mass is 16.5. The number of rotatable bonds is 8. The van der Waals surface area contributed by atoms with Gasteiger partial charge in [-0.05, 0) is 43.2 Å². The van der Waals surface area contributed by atoms with Crippen LogP contribution in [0.1, 0.15) is 12.8 Å². The third-order valence-corrected chi connectivity index (χ3v) is 5.82. The van der Waals surface area contributed by atoms with E-state index in [4.69, 9.17) is 18.9 Å². The van der Waals surface area contributed by atoms with Gasteiger partial charge >= 0.3 is 5.69 Å². The molecule has 0 saturated carbocycles. The van der Waals surface area contributed by atoms with Crippen LogP contribution in [-0.4, -0.2) is 49.1 Å². The van der Waals surface area contributed by atoms with Gasteiger partial charge in [0.15, 0.2) is 11.5 Å². The number of nitrogens with one attached hydrogen (secondary N) is 1. The molecule has 0 aliphatic carbocycles. The smallest absolute Gasteiger partial charge is 0.332 e. The lowest BCUT2D eigenvalue weighted by Gasteiger charge is -2.18. The Kier molecular flexibility index (Phi) is 6.87. The minimum absolute atomic E-state index is 0.113. The first-order valence-corrected chi connectivity index (χ1v) is 10.9. The lowest BCUT2D eigenvalue weighted by atomic mass is 10.2. The molecule has 2 heterocycles. The van der Waals surface area contributed by atoms with Crippen LogP contribution in [0.5, 0.6) is 17.2 Å². The Hall–Kier alpha value is -3.79. The molecule has 1 saturated heterocycles. The van der Waals surface area contributed by atoms with Crippen molar-refractivity contribution in [2.45, 2.75) is 32.0 Å². The van der Waals surface area contributed by atoms with Crippen LogP contribution in [0.2, 0.25) is 0 Å². The Morgan fingerprint density at radius 2 is 1.74 bits per heavy atom. The molecule has 1 amide bonds. The van der Waals surface area contributed by atoms with Crippen molar-refractivity contribution < 1.29 is 23.7 Å². The zero-order chi connectivity index (χ0) is 24.2. The van der Waals surface area contributed by atoms with Gasteiger partial charge in [0.05, 0.1) is 44.9 Å². The standard InChI is InChI=1S/C24H27N3O7/c1-31-16-8-6-15(7-9-16)25-22(28)14-26-19-12-21(33-3)20(32-2)11-18(19)23(29)27(24(26)30)13-17-5-4-10-34-17/h6-9,11-12,17H,4-5,10,13-14H2,1-3H3,(H,25,28). The van der Waals surface area contributed by atoms with Crippen LogP contribution in [0, 0.1) is 0 Å². The summed E-state index contributed by atoms with van der Waals surface area (Å²) < 4.78 is 23.9. The first-order chi connectivity index (χ1) is 16.4. The van der Waals surface area contributed by atoms with E-state index in [2.05, 4.69) is 5.32 Å². The van der Waals surface area contributed by atoms with Gasteiger partial charge in [-0.25, -0.2) is 4.79 Å². The molecule has 2 aromatic carbocycles. The summed E-state index contributed by atoms with van der Waals surface area (Å²) in [5, 5.41) is 3.01. The molecular weight excluding hydrogens is 442 g/mol. The Bertz CT molecular complexity index is 1310. The zero-order valence-electron chi connectivity index (χ0n) is 19.3. The van der Waals surface area contributed by atoms with E-state index in [9.17, 15) is 14.4 Å². The van der Waals surface area contributed by atoms with Gasteiger partial charge in [-0.15, -0.1) is 0 Å². The molecule has 34 heavy (non-hydrogen) atoms. The van der Waals surface area contributed by atoms with Crippen molar-refractivity contribution in [1.82, 2.24) is 9.13 Å². The maximum Gasteiger partial charge on any atom is 0.332 e. The molecule has 10 heteroatoms. The van der Waals surface area contributed by atoms with Crippen molar-refractivity contribution >= 4 is 22.5 Å². The predicted octanol–water partition coefficient (Wildman–Crippen LogP) is 2.01. The highest BCUT2D eigenvalue weighted by Crippen LogP contribution is 2.30. The molecule has 0 radical (unpaired) electrons. The largest absolute Gasteiger partial charge is 0.497 e. The summed E-state index contributed by atoms with van der Waals surface area (Å²) in [6.45, 7) is 0.404. The number of nitrogens with zero attached hydrogens (tertiary/aromatic N) is 2. The fraction of sp³-hybridized carbons (Fsp3) is 0.375. The van der Waals surface area contributed by atoms with Crippen LogP contribution in [0.25, 0.3) is 10.9 Å². The molecule has 1 fully saturated rings. The average Bonchev–Trinajstić information content (AvgIpc) is 3.37. The van der Waals surface area contributed by atoms with Crippen LogP contribution in [0.4, 0.5) is 5.69 Å². The number of carbonyl (C=O) groups is 1. The van der Waals surface area contributed by atoms with E-state index in [1.165, 1.54) is 30.9 Å². The van der Waals surface area contributed by atoms with Crippen LogP contribution >= 0.6 is 0 Å². The molecule has 10 nitrogen and oxygen atoms in total. The normalized spacial score (nSPS) is 15.3. The lowest BCUT2D eigenvalue weighted by molar-refractivity contribution is -0.116. The van der Waals surface area contributed by atoms with Gasteiger partial charge in [-0.2, -0.15) is 0 Å². The summed E-state index contributed by atoms with van der Waals surface area (Å²) in [4.78, 5) is 39.6. The van der Waals surface area contributed by atoms with E-state index in [-0.39, 0.29) is 30.1 Å². The third-order valence-electron chi connectivity index (χ3n) is 5.82. The van der Waals surface area contributed by atoms with Crippen LogP contribution < -0.4 is 30.8 Å². The summed E-state index contributed by atoms with van der Waals surface area (Å²) in [5.74, 6) is 0.923. The SMILES string of the molecule is COc1ccc(NC(=O)Cn2c(=O)n(CC3CCCO3)c(=O)c3cc(OC)c(OC)cc32)cc1. The number of hydrogen-bond acceptors (Lipinski definition) is 7. The van der Waals surface area contributed by atoms with Crippen LogP contribution in [-0.2, 0) is 22.6 Å². The van der Waals surface area contributed by atoms with Gasteiger partial charge < -0.3 is 24.3 Å². The molecule has 0 bridgehead atoms. The number of amides is 1. The lowest BCUT2D eigenvalue weighted by Crippen LogP contribution is -2.43. The summed E-state index contributed by atoms with van der Waals surface area (Å²) in [7, 11) is 4.48. The van der Waals surface area contributed by atoms with E-state index in [1.54, 1.807) is 31.4 Å². The summed E-state index contributed by atoms with van der Waals surface area (Å²) in [5.41, 5.74) is -0.232. The van der Waals surface area contributed by atoms with Crippen molar-refractivity contribution in [1.29, 1.82) is 0 Å². The first-order valence-electron chi connectivity index (χ1n) is 10.9. The van der Waals surface area contributed by atoms with Gasteiger partial charge in [0, 0.05) is 18.4 Å². The summed E-state index contributed by atoms with van der Waals surface area (Å²) >= 11 is 0. The average molecular weight is 469 g/mol. The van der Waals surface area contributed by atoms with Crippen LogP contribution in [0.3, 0.4) is 0 Å². The van der Waals surface area contributed by atoms with Crippen molar-refractivity contribution in [3.63, 3.8) is 0 Å². The van der Waals surface area contributed by atoms with E-state index < -0.39 is 17.2 Å². The Morgan fingerprint density at radius 3 is 2.35 bits per heavy atom. The highest BCUT2D eigenvalue weighted by Gasteiger charge is 2.23. The van der Waals surface area contributed by atoms with E-state index in [0.29, 0.717) is 29.5 Å². The van der Waals surface area contributed by atoms with Gasteiger partial charge in [-0.1, -0.05) is 0 Å². The predicted molar refractivity (Wildman–Crippen MR) is 126 cm³/mol. The Labute approximate surface area is 195 Å². The molecule has 1 atom stereocenters. The second-order valence-corrected chi connectivity index (χ2v) is 7.92. The first kappa shape index (κ1) is 23.4. The number of aromatic nitrogens is 2. The number of methoxy groups -OCH3 is 3. The van der Waals surface area contributed by atoms with E-state index in [1.807, 2.05) is 0 Å². The maximum atomic E-state index is 13.4. The second-order valence-electron chi connectivity index (χ2n) is 7.92. The number of fused-ring (bicyclic) bond motifs is 1. The third kappa shape index (κ3) is 4.62. The topological polar surface area (TPSA) is 110 Å². The molecule has 0 spiro atoms. The van der Waals surface area contributed by atoms with Crippen molar-refractivity contribution in [3.8, 4) is 17.2 Å². The molecule has 1 aromatic heterocycles. The van der Waals surface area contributed by atoms with Crippen molar-refractivity contribution in [2.24, 2.45) is 0 Å². The Morgan fingerprint density at radius 1 is 1.03 bits per heavy atom. The van der Waals surface area contributed by atoms with Gasteiger partial charge in [0.1, 0.15) is 12.3 Å². The minimum Gasteiger partial charge on any atom is -0.497 e. The van der Waals surface area contributed by atoms with Crippen LogP contribution in [0.15, 0.2) is 46.0 Å². The molecule has 1 aliphatic heterocycles. The number of carbonyl (C=O) groups excluding carboxylic acids is 1. The minimum atomic E-state index is -0.592. The Balaban J connectivity index is 1.77. The second kappa shape index (κ2) is 10.0. The van der Waals surface area contributed by atoms with Crippen molar-refractivity contribution in [3.05, 3.63) is 57.2 Å². The molecule has 3 aromatic rings. The molecule has 1 N–H and O–H groups in total. The fourth-order valence-corrected chi connectivity index (χ4v) is 4.07. The van der Waals surface area contributed by atoms with Gasteiger partial charge in [-0.3, -0.25) is 18.7 Å². The van der Waals surface area contributed by atoms with E-state index in [0.717, 1.165) is 17.4 Å². The highest BCUT2D eigenvalue weighted by molar-refractivity contribution is 5.92. The number of anilines is 1. The molecular formula is C24H27N3O7. The van der Waals surface area contributed by atoms with E-state index >= 15 is 0 Å². The monoisotopic (exact) mass is 469 g/mol. The molecule has 180 valence electrons. The molecule has 1 unspecified atom stereocenters. The molecule has 1 aliphatic rings. The number of hydrogen-bond donors (Lipinski definition) is 1. The van der Waals surface area contributed by atoms with Gasteiger partial charge in [0.2, 0.25) is 5.91 Å². The molecule has 4 rings (SSSR count). The van der Waals surface area contributed by atoms with Gasteiger partial charge in [0.25, 0.3) is 5.56 Å². The summed E-state index contributed by atoms with van der Waals surface area (Å²) in [6.07, 6.45) is 1.40. The van der Waals surface area contributed by atoms with Crippen molar-refractivity contribution in [2.75, 3.05) is 33.3 Å². The zero-order valence-corrected chi connectivity index (χ0v) is 19.3. The summed E-state index contributed by atoms with van der Waals surface area (Å²) in [6, 6.07) is 9.90. The quantitative estimate of drug-likeness (QED) is 0.537. The fourth-order valence-electron chi connectivity index (χ4n) is 4.07. The number of ether oxygens (including phenoxy) is 4. The number of benzene rings is 2.